The Morgan fingerprint density at radius 2 is 1.60 bits per heavy atom. The number of amides is 2. The van der Waals surface area contributed by atoms with E-state index in [0.29, 0.717) is 23.7 Å². The van der Waals surface area contributed by atoms with E-state index in [0.717, 1.165) is 33.8 Å². The largest absolute Gasteiger partial charge is 0.354 e. The maximum atomic E-state index is 14.1. The van der Waals surface area contributed by atoms with Gasteiger partial charge in [0.2, 0.25) is 11.8 Å². The van der Waals surface area contributed by atoms with Crippen LogP contribution in [-0.4, -0.2) is 44.3 Å². The van der Waals surface area contributed by atoms with Crippen LogP contribution in [0.2, 0.25) is 5.02 Å². The molecule has 0 radical (unpaired) electrons. The summed E-state index contributed by atoms with van der Waals surface area (Å²) in [4.78, 5) is 28.9. The van der Waals surface area contributed by atoms with Gasteiger partial charge in [-0.05, 0) is 74.2 Å². The first-order valence-corrected chi connectivity index (χ1v) is 15.4. The molecule has 0 aromatic heterocycles. The van der Waals surface area contributed by atoms with E-state index >= 15 is 0 Å². The van der Waals surface area contributed by atoms with Crippen molar-refractivity contribution in [3.63, 3.8) is 0 Å². The van der Waals surface area contributed by atoms with Gasteiger partial charge in [0.25, 0.3) is 10.0 Å². The third-order valence-corrected chi connectivity index (χ3v) is 8.70. The molecule has 0 fully saturated rings. The molecule has 214 valence electrons. The Labute approximate surface area is 243 Å². The Kier molecular flexibility index (Phi) is 11.2. The Morgan fingerprint density at radius 1 is 0.925 bits per heavy atom. The van der Waals surface area contributed by atoms with Crippen LogP contribution in [0.25, 0.3) is 0 Å². The number of carbonyl (C=O) groups is 2. The summed E-state index contributed by atoms with van der Waals surface area (Å²) in [6.45, 7) is 7.79. The minimum absolute atomic E-state index is 0.0843. The van der Waals surface area contributed by atoms with E-state index in [4.69, 9.17) is 11.6 Å². The van der Waals surface area contributed by atoms with Crippen LogP contribution < -0.4 is 9.62 Å². The molecule has 2 amide bonds. The Morgan fingerprint density at radius 3 is 2.20 bits per heavy atom. The molecule has 7 nitrogen and oxygen atoms in total. The van der Waals surface area contributed by atoms with E-state index in [2.05, 4.69) is 5.32 Å². The van der Waals surface area contributed by atoms with Gasteiger partial charge in [0.15, 0.2) is 0 Å². The molecule has 0 aliphatic carbocycles. The summed E-state index contributed by atoms with van der Waals surface area (Å²) in [6.07, 6.45) is 2.11. The molecule has 0 aliphatic rings. The summed E-state index contributed by atoms with van der Waals surface area (Å²) in [5.74, 6) is -0.744. The predicted octanol–water partition coefficient (Wildman–Crippen LogP) is 5.88. The van der Waals surface area contributed by atoms with Crippen molar-refractivity contribution in [2.24, 2.45) is 0 Å². The monoisotopic (exact) mass is 583 g/mol. The molecular formula is C31H38ClN3O4S. The highest BCUT2D eigenvalue weighted by Crippen LogP contribution is 2.26. The van der Waals surface area contributed by atoms with Gasteiger partial charge in [-0.25, -0.2) is 8.42 Å². The number of sulfonamides is 1. The van der Waals surface area contributed by atoms with Gasteiger partial charge in [-0.1, -0.05) is 73.8 Å². The van der Waals surface area contributed by atoms with Crippen molar-refractivity contribution in [3.05, 3.63) is 94.5 Å². The van der Waals surface area contributed by atoms with Crippen molar-refractivity contribution in [1.82, 2.24) is 10.2 Å². The summed E-state index contributed by atoms with van der Waals surface area (Å²) < 4.78 is 29.0. The lowest BCUT2D eigenvalue weighted by molar-refractivity contribution is -0.140. The van der Waals surface area contributed by atoms with Gasteiger partial charge in [-0.3, -0.25) is 13.9 Å². The number of nitrogens with one attached hydrogen (secondary N) is 1. The third kappa shape index (κ3) is 8.08. The fraction of sp³-hybridized carbons (Fsp3) is 0.355. The molecule has 40 heavy (non-hydrogen) atoms. The van der Waals surface area contributed by atoms with Crippen molar-refractivity contribution in [2.75, 3.05) is 17.4 Å². The molecule has 0 bridgehead atoms. The molecule has 3 aromatic rings. The van der Waals surface area contributed by atoms with Crippen LogP contribution in [0.15, 0.2) is 77.7 Å². The summed E-state index contributed by atoms with van der Waals surface area (Å²) in [7, 11) is -4.10. The maximum Gasteiger partial charge on any atom is 0.264 e. The minimum Gasteiger partial charge on any atom is -0.354 e. The molecule has 0 unspecified atom stereocenters. The van der Waals surface area contributed by atoms with E-state index in [1.54, 1.807) is 66.7 Å². The number of rotatable bonds is 13. The first-order chi connectivity index (χ1) is 19.1. The van der Waals surface area contributed by atoms with E-state index in [1.807, 2.05) is 33.8 Å². The van der Waals surface area contributed by atoms with Crippen molar-refractivity contribution >= 4 is 39.1 Å². The van der Waals surface area contributed by atoms with Gasteiger partial charge < -0.3 is 10.2 Å². The average Bonchev–Trinajstić information content (AvgIpc) is 2.93. The first-order valence-electron chi connectivity index (χ1n) is 13.5. The van der Waals surface area contributed by atoms with Crippen LogP contribution in [-0.2, 0) is 26.2 Å². The van der Waals surface area contributed by atoms with Crippen LogP contribution in [0.5, 0.6) is 0 Å². The Bertz CT molecular complexity index is 1390. The molecule has 3 aromatic carbocycles. The summed E-state index contributed by atoms with van der Waals surface area (Å²) >= 11 is 6.07. The smallest absolute Gasteiger partial charge is 0.264 e. The Hall–Kier alpha value is -3.36. The molecule has 3 rings (SSSR count). The molecule has 9 heteroatoms. The summed E-state index contributed by atoms with van der Waals surface area (Å²) in [6, 6.07) is 19.8. The fourth-order valence-corrected chi connectivity index (χ4v) is 5.89. The molecule has 1 N–H and O–H groups in total. The van der Waals surface area contributed by atoms with Crippen LogP contribution in [0, 0.1) is 13.8 Å². The molecule has 1 atom stereocenters. The quantitative estimate of drug-likeness (QED) is 0.255. The van der Waals surface area contributed by atoms with Crippen molar-refractivity contribution in [1.29, 1.82) is 0 Å². The molecule has 0 saturated carbocycles. The number of unbranched alkanes of at least 4 members (excludes halogenated alkanes) is 1. The van der Waals surface area contributed by atoms with Gasteiger partial charge >= 0.3 is 0 Å². The van der Waals surface area contributed by atoms with Crippen LogP contribution in [0.3, 0.4) is 0 Å². The highest BCUT2D eigenvalue weighted by Gasteiger charge is 2.33. The number of hydrogen-bond donors (Lipinski definition) is 1. The number of aryl methyl sites for hydroxylation is 2. The third-order valence-electron chi connectivity index (χ3n) is 6.66. The van der Waals surface area contributed by atoms with Crippen LogP contribution in [0.4, 0.5) is 5.69 Å². The topological polar surface area (TPSA) is 86.8 Å². The molecule has 0 aliphatic heterocycles. The van der Waals surface area contributed by atoms with Crippen molar-refractivity contribution in [2.45, 2.75) is 64.4 Å². The number of hydrogen-bond acceptors (Lipinski definition) is 4. The van der Waals surface area contributed by atoms with E-state index in [9.17, 15) is 18.0 Å². The lowest BCUT2D eigenvalue weighted by atomic mass is 10.1. The van der Waals surface area contributed by atoms with Gasteiger partial charge in [0.1, 0.15) is 12.6 Å². The van der Waals surface area contributed by atoms with Crippen LogP contribution >= 0.6 is 11.6 Å². The summed E-state index contributed by atoms with van der Waals surface area (Å²) in [5, 5.41) is 3.49. The lowest BCUT2D eigenvalue weighted by Crippen LogP contribution is -2.52. The minimum atomic E-state index is -4.10. The van der Waals surface area contributed by atoms with Gasteiger partial charge in [0, 0.05) is 18.1 Å². The van der Waals surface area contributed by atoms with Gasteiger partial charge in [-0.15, -0.1) is 0 Å². The lowest BCUT2D eigenvalue weighted by Gasteiger charge is -2.33. The number of nitrogens with zero attached hydrogens (tertiary/aromatic N) is 2. The second-order valence-electron chi connectivity index (χ2n) is 9.88. The second kappa shape index (κ2) is 14.3. The second-order valence-corrected chi connectivity index (χ2v) is 12.2. The highest BCUT2D eigenvalue weighted by molar-refractivity contribution is 7.92. The van der Waals surface area contributed by atoms with Gasteiger partial charge in [-0.2, -0.15) is 0 Å². The van der Waals surface area contributed by atoms with Crippen molar-refractivity contribution in [3.8, 4) is 0 Å². The number of carbonyl (C=O) groups excluding carboxylic acids is 2. The average molecular weight is 584 g/mol. The van der Waals surface area contributed by atoms with E-state index in [-0.39, 0.29) is 17.3 Å². The fourth-order valence-electron chi connectivity index (χ4n) is 4.36. The SMILES string of the molecule is CCCCNC(=O)[C@H](CC)N(Cc1ccc(Cl)cc1)C(=O)CN(c1cccc(C)c1)S(=O)(=O)c1ccc(C)cc1. The standard InChI is InChI=1S/C31H38ClN3O4S/c1-5-7-19-33-31(37)29(6-2)34(21-25-13-15-26(32)16-14-25)30(36)22-35(27-10-8-9-24(4)20-27)40(38,39)28-17-11-23(3)12-18-28/h8-18,20,29H,5-7,19,21-22H2,1-4H3,(H,33,37)/t29-/m0/s1. The van der Waals surface area contributed by atoms with Crippen molar-refractivity contribution < 1.29 is 18.0 Å². The number of benzene rings is 3. The zero-order valence-electron chi connectivity index (χ0n) is 23.6. The van der Waals surface area contributed by atoms with E-state index < -0.39 is 28.5 Å². The van der Waals surface area contributed by atoms with Gasteiger partial charge in [0.05, 0.1) is 10.6 Å². The normalized spacial score (nSPS) is 12.0. The Balaban J connectivity index is 2.03. The predicted molar refractivity (Wildman–Crippen MR) is 161 cm³/mol. The highest BCUT2D eigenvalue weighted by atomic mass is 35.5. The molecule has 0 heterocycles. The zero-order chi connectivity index (χ0) is 29.3. The molecule has 0 spiro atoms. The number of halogens is 1. The van der Waals surface area contributed by atoms with E-state index in [1.165, 1.54) is 4.90 Å². The zero-order valence-corrected chi connectivity index (χ0v) is 25.1. The molecule has 0 saturated heterocycles. The maximum absolute atomic E-state index is 14.1. The first kappa shape index (κ1) is 31.2. The summed E-state index contributed by atoms with van der Waals surface area (Å²) in [5.41, 5.74) is 2.93. The van der Waals surface area contributed by atoms with Crippen LogP contribution in [0.1, 0.15) is 49.8 Å². The molecular weight excluding hydrogens is 546 g/mol. The number of anilines is 1.